The Labute approximate surface area is 148 Å². The number of nitrogens with one attached hydrogen (secondary N) is 2. The van der Waals surface area contributed by atoms with Crippen LogP contribution >= 0.6 is 11.6 Å². The maximum absolute atomic E-state index is 11.4. The Bertz CT molecular complexity index is 766. The molecule has 0 saturated carbocycles. The zero-order valence-corrected chi connectivity index (χ0v) is 14.1. The van der Waals surface area contributed by atoms with E-state index in [1.165, 1.54) is 6.92 Å². The fourth-order valence-electron chi connectivity index (χ4n) is 2.87. The lowest BCUT2D eigenvalue weighted by Gasteiger charge is -2.41. The highest BCUT2D eigenvalue weighted by atomic mass is 35.5. The topological polar surface area (TPSA) is 124 Å². The van der Waals surface area contributed by atoms with E-state index < -0.39 is 43.2 Å². The molecule has 1 amide bonds. The highest BCUT2D eigenvalue weighted by Crippen LogP contribution is 2.31. The van der Waals surface area contributed by atoms with Crippen molar-refractivity contribution in [1.29, 1.82) is 0 Å². The molecule has 2 aromatic rings. The summed E-state index contributed by atoms with van der Waals surface area (Å²) in [5.41, 5.74) is 0.744. The number of ether oxygens (including phenoxy) is 2. The van der Waals surface area contributed by atoms with Crippen molar-refractivity contribution < 1.29 is 29.6 Å². The van der Waals surface area contributed by atoms with Gasteiger partial charge in [-0.25, -0.2) is 0 Å². The molecule has 2 heterocycles. The summed E-state index contributed by atoms with van der Waals surface area (Å²) in [5.74, 6) is 0.00825. The van der Waals surface area contributed by atoms with Crippen molar-refractivity contribution in [2.24, 2.45) is 0 Å². The van der Waals surface area contributed by atoms with Crippen LogP contribution in [0.3, 0.4) is 0 Å². The molecule has 1 aromatic carbocycles. The van der Waals surface area contributed by atoms with Gasteiger partial charge in [0.15, 0.2) is 0 Å². The van der Waals surface area contributed by atoms with Crippen molar-refractivity contribution in [3.63, 3.8) is 0 Å². The molecule has 0 spiro atoms. The molecule has 5 N–H and O–H groups in total. The lowest BCUT2D eigenvalue weighted by molar-refractivity contribution is -0.244. The summed E-state index contributed by atoms with van der Waals surface area (Å²) in [5, 5.41) is 33.4. The normalized spacial score (nSPS) is 29.6. The number of aliphatic hydroxyl groups is 3. The van der Waals surface area contributed by atoms with Crippen LogP contribution in [0, 0.1) is 0 Å². The van der Waals surface area contributed by atoms with Crippen molar-refractivity contribution in [1.82, 2.24) is 10.3 Å². The standard InChI is InChI=1S/C16H19ClN2O6/c1-7(21)19-13-15(23)14(22)12(6-20)25-16(13)24-11-5-18-10-4-8(17)2-3-9(10)11/h2-5,12-16,18,20,22-23H,6H2,1H3,(H,19,21)/t12-,13-,14-,15+,16-/m1/s1. The van der Waals surface area contributed by atoms with Gasteiger partial charge in [0.2, 0.25) is 12.2 Å². The molecule has 9 heteroatoms. The third-order valence-corrected chi connectivity index (χ3v) is 4.33. The molecule has 1 aliphatic rings. The zero-order valence-electron chi connectivity index (χ0n) is 13.3. The number of aliphatic hydroxyl groups excluding tert-OH is 3. The van der Waals surface area contributed by atoms with Crippen LogP contribution in [-0.2, 0) is 9.53 Å². The van der Waals surface area contributed by atoms with E-state index in [0.29, 0.717) is 10.8 Å². The van der Waals surface area contributed by atoms with Crippen molar-refractivity contribution in [2.45, 2.75) is 37.6 Å². The van der Waals surface area contributed by atoms with E-state index in [1.54, 1.807) is 24.4 Å². The van der Waals surface area contributed by atoms with E-state index in [4.69, 9.17) is 21.1 Å². The number of amides is 1. The summed E-state index contributed by atoms with van der Waals surface area (Å²) in [7, 11) is 0. The lowest BCUT2D eigenvalue weighted by Crippen LogP contribution is -2.65. The summed E-state index contributed by atoms with van der Waals surface area (Å²) >= 11 is 5.95. The van der Waals surface area contributed by atoms with E-state index in [0.717, 1.165) is 10.9 Å². The average Bonchev–Trinajstić information content (AvgIpc) is 2.96. The maximum Gasteiger partial charge on any atom is 0.223 e. The molecule has 0 bridgehead atoms. The maximum atomic E-state index is 11.4. The Hall–Kier alpha value is -1.84. The first-order valence-electron chi connectivity index (χ1n) is 7.73. The highest BCUT2D eigenvalue weighted by molar-refractivity contribution is 6.31. The predicted octanol–water partition coefficient (Wildman–Crippen LogP) is 0.144. The molecule has 1 fully saturated rings. The van der Waals surface area contributed by atoms with E-state index in [1.807, 2.05) is 0 Å². The van der Waals surface area contributed by atoms with Crippen LogP contribution in [0.4, 0.5) is 0 Å². The Balaban J connectivity index is 1.89. The Kier molecular flexibility index (Phi) is 5.16. The monoisotopic (exact) mass is 370 g/mol. The fourth-order valence-corrected chi connectivity index (χ4v) is 3.04. The third kappa shape index (κ3) is 3.58. The van der Waals surface area contributed by atoms with Gasteiger partial charge in [0.1, 0.15) is 30.1 Å². The number of carbonyl (C=O) groups excluding carboxylic acids is 1. The zero-order chi connectivity index (χ0) is 18.1. The van der Waals surface area contributed by atoms with Crippen molar-refractivity contribution in [3.05, 3.63) is 29.4 Å². The van der Waals surface area contributed by atoms with Gasteiger partial charge in [-0.1, -0.05) is 11.6 Å². The van der Waals surface area contributed by atoms with Gasteiger partial charge < -0.3 is 35.1 Å². The van der Waals surface area contributed by atoms with Gasteiger partial charge in [0.25, 0.3) is 0 Å². The lowest BCUT2D eigenvalue weighted by atomic mass is 9.97. The Morgan fingerprint density at radius 3 is 2.84 bits per heavy atom. The molecule has 1 aliphatic heterocycles. The number of carbonyl (C=O) groups is 1. The molecule has 8 nitrogen and oxygen atoms in total. The minimum absolute atomic E-state index is 0.415. The number of fused-ring (bicyclic) bond motifs is 1. The molecule has 1 saturated heterocycles. The van der Waals surface area contributed by atoms with Gasteiger partial charge >= 0.3 is 0 Å². The van der Waals surface area contributed by atoms with Crippen LogP contribution in [0.25, 0.3) is 10.9 Å². The van der Waals surface area contributed by atoms with E-state index in [9.17, 15) is 20.1 Å². The van der Waals surface area contributed by atoms with Crippen molar-refractivity contribution in [2.75, 3.05) is 6.61 Å². The number of halogens is 1. The number of benzene rings is 1. The molecular weight excluding hydrogens is 352 g/mol. The van der Waals surface area contributed by atoms with Crippen molar-refractivity contribution >= 4 is 28.4 Å². The van der Waals surface area contributed by atoms with E-state index >= 15 is 0 Å². The Morgan fingerprint density at radius 2 is 2.16 bits per heavy atom. The first-order chi connectivity index (χ1) is 11.9. The largest absolute Gasteiger partial charge is 0.460 e. The van der Waals surface area contributed by atoms with E-state index in [-0.39, 0.29) is 0 Å². The molecule has 1 aromatic heterocycles. The first-order valence-corrected chi connectivity index (χ1v) is 8.11. The SMILES string of the molecule is CC(=O)N[C@H]1[C@H](Oc2c[nH]c3cc(Cl)ccc23)O[C@H](CO)[C@@H](O)[C@H]1O. The first kappa shape index (κ1) is 18.0. The van der Waals surface area contributed by atoms with Crippen LogP contribution in [0.1, 0.15) is 6.92 Å². The Morgan fingerprint density at radius 1 is 1.40 bits per heavy atom. The van der Waals surface area contributed by atoms with Gasteiger partial charge in [-0.2, -0.15) is 0 Å². The highest BCUT2D eigenvalue weighted by Gasteiger charge is 2.46. The molecule has 5 atom stereocenters. The minimum atomic E-state index is -1.36. The number of rotatable bonds is 4. The average molecular weight is 371 g/mol. The third-order valence-electron chi connectivity index (χ3n) is 4.10. The number of aromatic nitrogens is 1. The molecule has 3 rings (SSSR count). The summed E-state index contributed by atoms with van der Waals surface area (Å²) in [4.78, 5) is 14.4. The second kappa shape index (κ2) is 7.19. The van der Waals surface area contributed by atoms with Gasteiger partial charge in [0, 0.05) is 23.5 Å². The number of H-pyrrole nitrogens is 1. The van der Waals surface area contributed by atoms with Crippen LogP contribution < -0.4 is 10.1 Å². The number of aromatic amines is 1. The van der Waals surface area contributed by atoms with Crippen molar-refractivity contribution in [3.8, 4) is 5.75 Å². The van der Waals surface area contributed by atoms with Gasteiger partial charge in [-0.15, -0.1) is 0 Å². The number of hydrogen-bond acceptors (Lipinski definition) is 6. The molecule has 0 aliphatic carbocycles. The van der Waals surface area contributed by atoms with Crippen LogP contribution in [-0.4, -0.2) is 63.5 Å². The van der Waals surface area contributed by atoms with Crippen LogP contribution in [0.15, 0.2) is 24.4 Å². The quantitative estimate of drug-likeness (QED) is 0.521. The van der Waals surface area contributed by atoms with Gasteiger partial charge in [-0.05, 0) is 18.2 Å². The molecular formula is C16H19ClN2O6. The van der Waals surface area contributed by atoms with Gasteiger partial charge in [-0.3, -0.25) is 4.79 Å². The summed E-state index contributed by atoms with van der Waals surface area (Å²) < 4.78 is 11.4. The molecule has 0 radical (unpaired) electrons. The second-order valence-corrected chi connectivity index (χ2v) is 6.33. The second-order valence-electron chi connectivity index (χ2n) is 5.89. The smallest absolute Gasteiger partial charge is 0.223 e. The van der Waals surface area contributed by atoms with Crippen LogP contribution in [0.5, 0.6) is 5.75 Å². The molecule has 0 unspecified atom stereocenters. The predicted molar refractivity (Wildman–Crippen MR) is 89.3 cm³/mol. The summed E-state index contributed by atoms with van der Waals surface area (Å²) in [6.45, 7) is 0.774. The van der Waals surface area contributed by atoms with Gasteiger partial charge in [0.05, 0.1) is 12.1 Å². The van der Waals surface area contributed by atoms with E-state index in [2.05, 4.69) is 10.3 Å². The van der Waals surface area contributed by atoms with Crippen LogP contribution in [0.2, 0.25) is 5.02 Å². The fraction of sp³-hybridized carbons (Fsp3) is 0.438. The summed E-state index contributed by atoms with van der Waals surface area (Å²) in [6, 6.07) is 4.18. The minimum Gasteiger partial charge on any atom is -0.460 e. The number of hydrogen-bond donors (Lipinski definition) is 5. The molecule has 25 heavy (non-hydrogen) atoms. The molecule has 136 valence electrons. The summed E-state index contributed by atoms with van der Waals surface area (Å²) in [6.07, 6.45) is -3.26.